The van der Waals surface area contributed by atoms with Gasteiger partial charge in [0.25, 0.3) is 0 Å². The van der Waals surface area contributed by atoms with Crippen molar-refractivity contribution in [2.75, 3.05) is 59.5 Å². The fourth-order valence-corrected chi connectivity index (χ4v) is 3.77. The van der Waals surface area contributed by atoms with Crippen LogP contribution in [0.1, 0.15) is 46.0 Å². The summed E-state index contributed by atoms with van der Waals surface area (Å²) in [7, 11) is 1.42. The summed E-state index contributed by atoms with van der Waals surface area (Å²) in [6.45, 7) is 10.9. The lowest BCUT2D eigenvalue weighted by Gasteiger charge is -2.39. The van der Waals surface area contributed by atoms with Gasteiger partial charge in [0.2, 0.25) is 5.91 Å². The van der Waals surface area contributed by atoms with E-state index in [1.54, 1.807) is 0 Å². The molecule has 0 aromatic carbocycles. The summed E-state index contributed by atoms with van der Waals surface area (Å²) in [5, 5.41) is 3.37. The van der Waals surface area contributed by atoms with E-state index in [-0.39, 0.29) is 41.9 Å². The highest BCUT2D eigenvalue weighted by atomic mass is 127. The van der Waals surface area contributed by atoms with Crippen LogP contribution in [0.4, 0.5) is 0 Å². The summed E-state index contributed by atoms with van der Waals surface area (Å²) >= 11 is 0. The summed E-state index contributed by atoms with van der Waals surface area (Å²) in [5.41, 5.74) is 0. The van der Waals surface area contributed by atoms with E-state index in [4.69, 9.17) is 4.99 Å². The predicted octanol–water partition coefficient (Wildman–Crippen LogP) is 1.54. The number of carbonyl (C=O) groups is 2. The highest BCUT2D eigenvalue weighted by Gasteiger charge is 2.30. The third-order valence-corrected chi connectivity index (χ3v) is 5.55. The first-order chi connectivity index (χ1) is 13.6. The van der Waals surface area contributed by atoms with Crippen LogP contribution in [0, 0.1) is 0 Å². The largest absolute Gasteiger partial charge is 0.469 e. The Morgan fingerprint density at radius 3 is 2.28 bits per heavy atom. The molecule has 2 saturated heterocycles. The second-order valence-corrected chi connectivity index (χ2v) is 7.50. The van der Waals surface area contributed by atoms with E-state index >= 15 is 0 Å². The van der Waals surface area contributed by atoms with Crippen LogP contribution in [0.25, 0.3) is 0 Å². The third kappa shape index (κ3) is 8.27. The van der Waals surface area contributed by atoms with Crippen LogP contribution in [0.3, 0.4) is 0 Å². The monoisotopic (exact) mass is 523 g/mol. The molecule has 0 spiro atoms. The number of carbonyl (C=O) groups excluding carboxylic acids is 2. The summed E-state index contributed by atoms with van der Waals surface area (Å²) in [5.74, 6) is 1.04. The molecule has 8 nitrogen and oxygen atoms in total. The molecule has 0 aliphatic carbocycles. The molecule has 2 heterocycles. The van der Waals surface area contributed by atoms with E-state index in [2.05, 4.69) is 26.8 Å². The van der Waals surface area contributed by atoms with Gasteiger partial charge in [0.05, 0.1) is 13.2 Å². The Kier molecular flexibility index (Phi) is 12.5. The lowest BCUT2D eigenvalue weighted by atomic mass is 10.2. The number of ether oxygens (including phenoxy) is 1. The van der Waals surface area contributed by atoms with Gasteiger partial charge in [-0.05, 0) is 39.5 Å². The number of aliphatic imine (C=N–C) groups is 1. The highest BCUT2D eigenvalue weighted by molar-refractivity contribution is 14.0. The van der Waals surface area contributed by atoms with Crippen LogP contribution in [0.15, 0.2) is 4.99 Å². The molecule has 1 N–H and O–H groups in total. The standard InChI is InChI=1S/C20H37N5O3.HI/c1-4-21-20(22-10-6-5-9-18(26)28-3)25-15-13-23(14-16-25)17(2)19(27)24-11-7-8-12-24;/h17H,4-16H2,1-3H3,(H,21,22);1H. The number of rotatable bonds is 8. The van der Waals surface area contributed by atoms with Gasteiger partial charge in [-0.25, -0.2) is 0 Å². The van der Waals surface area contributed by atoms with Gasteiger partial charge in [-0.1, -0.05) is 0 Å². The zero-order valence-corrected chi connectivity index (χ0v) is 20.5. The Bertz CT molecular complexity index is 532. The topological polar surface area (TPSA) is 77.5 Å². The molecule has 1 amide bonds. The zero-order valence-electron chi connectivity index (χ0n) is 18.2. The van der Waals surface area contributed by atoms with Gasteiger partial charge in [-0.3, -0.25) is 19.5 Å². The Balaban J connectivity index is 0.00000420. The van der Waals surface area contributed by atoms with Crippen LogP contribution < -0.4 is 5.32 Å². The minimum atomic E-state index is -0.162. The molecule has 0 bridgehead atoms. The number of nitrogens with zero attached hydrogens (tertiary/aromatic N) is 4. The lowest BCUT2D eigenvalue weighted by molar-refractivity contribution is -0.140. The molecule has 2 fully saturated rings. The quantitative estimate of drug-likeness (QED) is 0.171. The van der Waals surface area contributed by atoms with Gasteiger partial charge < -0.3 is 19.9 Å². The molecule has 1 atom stereocenters. The number of esters is 1. The van der Waals surface area contributed by atoms with Gasteiger partial charge in [-0.15, -0.1) is 24.0 Å². The minimum absolute atomic E-state index is 0. The summed E-state index contributed by atoms with van der Waals surface area (Å²) in [4.78, 5) is 35.1. The molecule has 29 heavy (non-hydrogen) atoms. The molecule has 0 aromatic rings. The number of hydrogen-bond acceptors (Lipinski definition) is 5. The molecule has 2 aliphatic heterocycles. The van der Waals surface area contributed by atoms with Crippen LogP contribution in [-0.4, -0.2) is 98.0 Å². The maximum absolute atomic E-state index is 12.6. The molecule has 0 radical (unpaired) electrons. The molecule has 0 aromatic heterocycles. The van der Waals surface area contributed by atoms with Gasteiger partial charge >= 0.3 is 5.97 Å². The molecule has 2 rings (SSSR count). The normalized spacial score (nSPS) is 18.9. The predicted molar refractivity (Wildman–Crippen MR) is 126 cm³/mol. The van der Waals surface area contributed by atoms with Gasteiger partial charge in [-0.2, -0.15) is 0 Å². The Labute approximate surface area is 192 Å². The van der Waals surface area contributed by atoms with Crippen molar-refractivity contribution >= 4 is 41.8 Å². The molecular weight excluding hydrogens is 485 g/mol. The van der Waals surface area contributed by atoms with E-state index in [1.165, 1.54) is 7.11 Å². The van der Waals surface area contributed by atoms with Crippen molar-refractivity contribution in [2.45, 2.75) is 52.0 Å². The van der Waals surface area contributed by atoms with E-state index in [0.717, 1.165) is 77.5 Å². The number of unbranched alkanes of at least 4 members (excludes halogenated alkanes) is 1. The van der Waals surface area contributed by atoms with Crippen LogP contribution in [-0.2, 0) is 14.3 Å². The fraction of sp³-hybridized carbons (Fsp3) is 0.850. The number of likely N-dealkylation sites (tertiary alicyclic amines) is 1. The van der Waals surface area contributed by atoms with Crippen molar-refractivity contribution in [1.82, 2.24) is 20.0 Å². The number of piperazine rings is 1. The van der Waals surface area contributed by atoms with Crippen LogP contribution >= 0.6 is 24.0 Å². The molecule has 1 unspecified atom stereocenters. The fourth-order valence-electron chi connectivity index (χ4n) is 3.77. The van der Waals surface area contributed by atoms with Crippen molar-refractivity contribution in [1.29, 1.82) is 0 Å². The smallest absolute Gasteiger partial charge is 0.305 e. The average molecular weight is 523 g/mol. The molecule has 9 heteroatoms. The third-order valence-electron chi connectivity index (χ3n) is 5.55. The van der Waals surface area contributed by atoms with Gasteiger partial charge in [0.1, 0.15) is 0 Å². The van der Waals surface area contributed by atoms with Crippen molar-refractivity contribution < 1.29 is 14.3 Å². The number of amides is 1. The van der Waals surface area contributed by atoms with Crippen LogP contribution in [0.5, 0.6) is 0 Å². The van der Waals surface area contributed by atoms with Gasteiger partial charge in [0.15, 0.2) is 5.96 Å². The Morgan fingerprint density at radius 1 is 1.03 bits per heavy atom. The van der Waals surface area contributed by atoms with Crippen molar-refractivity contribution in [3.8, 4) is 0 Å². The number of halogens is 1. The van der Waals surface area contributed by atoms with E-state index < -0.39 is 0 Å². The number of hydrogen-bond donors (Lipinski definition) is 1. The molecular formula is C20H38IN5O3. The molecule has 168 valence electrons. The molecule has 0 saturated carbocycles. The summed E-state index contributed by atoms with van der Waals surface area (Å²) < 4.78 is 4.66. The van der Waals surface area contributed by atoms with Crippen molar-refractivity contribution in [3.63, 3.8) is 0 Å². The van der Waals surface area contributed by atoms with E-state index in [9.17, 15) is 9.59 Å². The zero-order chi connectivity index (χ0) is 20.4. The maximum atomic E-state index is 12.6. The molecule has 2 aliphatic rings. The number of guanidine groups is 1. The second-order valence-electron chi connectivity index (χ2n) is 7.50. The van der Waals surface area contributed by atoms with Crippen molar-refractivity contribution in [2.24, 2.45) is 4.99 Å². The Hall–Kier alpha value is -1.10. The first-order valence-electron chi connectivity index (χ1n) is 10.7. The first-order valence-corrected chi connectivity index (χ1v) is 10.7. The van der Waals surface area contributed by atoms with E-state index in [0.29, 0.717) is 13.0 Å². The first kappa shape index (κ1) is 25.9. The van der Waals surface area contributed by atoms with Crippen molar-refractivity contribution in [3.05, 3.63) is 0 Å². The minimum Gasteiger partial charge on any atom is -0.469 e. The average Bonchev–Trinajstić information content (AvgIpc) is 3.26. The van der Waals surface area contributed by atoms with Crippen LogP contribution in [0.2, 0.25) is 0 Å². The number of methoxy groups -OCH3 is 1. The highest BCUT2D eigenvalue weighted by Crippen LogP contribution is 2.14. The van der Waals surface area contributed by atoms with Gasteiger partial charge in [0, 0.05) is 58.8 Å². The lowest BCUT2D eigenvalue weighted by Crippen LogP contribution is -2.57. The van der Waals surface area contributed by atoms with E-state index in [1.807, 2.05) is 11.8 Å². The SMILES string of the molecule is CCNC(=NCCCCC(=O)OC)N1CCN(C(C)C(=O)N2CCCC2)CC1.I. The summed E-state index contributed by atoms with van der Waals surface area (Å²) in [6, 6.07) is -0.0434. The second kappa shape index (κ2) is 14.0. The number of nitrogens with one attached hydrogen (secondary N) is 1. The Morgan fingerprint density at radius 2 is 1.69 bits per heavy atom. The summed E-state index contributed by atoms with van der Waals surface area (Å²) in [6.07, 6.45) is 4.37. The maximum Gasteiger partial charge on any atom is 0.305 e.